The molecular weight excluding hydrogens is 362 g/mol. The Morgan fingerprint density at radius 3 is 2.63 bits per heavy atom. The maximum atomic E-state index is 12.7. The van der Waals surface area contributed by atoms with Crippen molar-refractivity contribution in [3.63, 3.8) is 0 Å². The summed E-state index contributed by atoms with van der Waals surface area (Å²) in [5.41, 5.74) is 9.71. The number of hydrogen-bond acceptors (Lipinski definition) is 4. The molecule has 0 aliphatic carbocycles. The quantitative estimate of drug-likeness (QED) is 0.531. The van der Waals surface area contributed by atoms with E-state index in [1.807, 2.05) is 36.4 Å². The van der Waals surface area contributed by atoms with Crippen molar-refractivity contribution in [3.8, 4) is 5.69 Å². The number of hydrogen-bond donors (Lipinski definition) is 2. The molecule has 1 amide bonds. The highest BCUT2D eigenvalue weighted by atomic mass is 35.5. The van der Waals surface area contributed by atoms with Crippen molar-refractivity contribution in [1.29, 1.82) is 0 Å². The summed E-state index contributed by atoms with van der Waals surface area (Å²) in [4.78, 5) is 22.1. The lowest BCUT2D eigenvalue weighted by Gasteiger charge is -2.08. The van der Waals surface area contributed by atoms with E-state index in [0.29, 0.717) is 39.5 Å². The number of fused-ring (bicyclic) bond motifs is 2. The van der Waals surface area contributed by atoms with Crippen molar-refractivity contribution in [2.24, 2.45) is 0 Å². The van der Waals surface area contributed by atoms with Gasteiger partial charge in [0.05, 0.1) is 16.7 Å². The molecule has 0 atom stereocenters. The summed E-state index contributed by atoms with van der Waals surface area (Å²) in [6.07, 6.45) is 1.60. The largest absolute Gasteiger partial charge is 0.384 e. The van der Waals surface area contributed by atoms with Crippen molar-refractivity contribution in [3.05, 3.63) is 71.8 Å². The molecule has 6 nitrogen and oxygen atoms in total. The number of nitrogen functional groups attached to an aromatic ring is 1. The summed E-state index contributed by atoms with van der Waals surface area (Å²) in [5, 5.41) is 3.32. The normalized spacial score (nSPS) is 11.0. The zero-order valence-electron chi connectivity index (χ0n) is 14.3. The van der Waals surface area contributed by atoms with Crippen molar-refractivity contribution in [2.75, 3.05) is 12.3 Å². The Bertz CT molecular complexity index is 1200. The van der Waals surface area contributed by atoms with Gasteiger partial charge < -0.3 is 11.1 Å². The Labute approximate surface area is 160 Å². The SMILES string of the molecule is C=CCNC(=O)c1c(N)n(-c2cccc(Cl)c2)c2nc3ccccc3nc12. The lowest BCUT2D eigenvalue weighted by atomic mass is 10.2. The molecule has 0 saturated heterocycles. The number of carbonyl (C=O) groups excluding carboxylic acids is 1. The molecule has 0 saturated carbocycles. The number of carbonyl (C=O) groups is 1. The average Bonchev–Trinajstić information content (AvgIpc) is 2.95. The van der Waals surface area contributed by atoms with Gasteiger partial charge in [-0.2, -0.15) is 0 Å². The molecular formula is C20H16ClN5O. The van der Waals surface area contributed by atoms with Crippen LogP contribution in [0.4, 0.5) is 5.82 Å². The minimum absolute atomic E-state index is 0.254. The second-order valence-electron chi connectivity index (χ2n) is 5.96. The smallest absolute Gasteiger partial charge is 0.257 e. The summed E-state index contributed by atoms with van der Waals surface area (Å²) in [6, 6.07) is 14.7. The van der Waals surface area contributed by atoms with Crippen molar-refractivity contribution >= 4 is 45.5 Å². The standard InChI is InChI=1S/C20H16ClN5O/c1-2-10-23-20(27)16-17-19(25-15-9-4-3-8-14(15)24-17)26(18(16)22)13-7-5-6-12(21)11-13/h2-9,11H,1,10,22H2,(H,23,27). The van der Waals surface area contributed by atoms with Crippen LogP contribution >= 0.6 is 11.6 Å². The Balaban J connectivity index is 2.07. The molecule has 2 aromatic carbocycles. The van der Waals surface area contributed by atoms with Gasteiger partial charge in [0.25, 0.3) is 5.91 Å². The Morgan fingerprint density at radius 2 is 1.93 bits per heavy atom. The molecule has 4 rings (SSSR count). The minimum Gasteiger partial charge on any atom is -0.384 e. The van der Waals surface area contributed by atoms with Gasteiger partial charge in [0.2, 0.25) is 0 Å². The van der Waals surface area contributed by atoms with E-state index in [0.717, 1.165) is 0 Å². The molecule has 7 heteroatoms. The van der Waals surface area contributed by atoms with Crippen LogP contribution in [0.5, 0.6) is 0 Å². The van der Waals surface area contributed by atoms with E-state index in [2.05, 4.69) is 16.9 Å². The van der Waals surface area contributed by atoms with Crippen LogP contribution in [0.25, 0.3) is 27.9 Å². The predicted octanol–water partition coefficient (Wildman–Crippen LogP) is 3.73. The summed E-state index contributed by atoms with van der Waals surface area (Å²) < 4.78 is 1.70. The zero-order chi connectivity index (χ0) is 19.0. The van der Waals surface area contributed by atoms with Crippen LogP contribution in [0.2, 0.25) is 5.02 Å². The lowest BCUT2D eigenvalue weighted by molar-refractivity contribution is 0.0960. The number of amides is 1. The number of nitrogens with two attached hydrogens (primary N) is 1. The monoisotopic (exact) mass is 377 g/mol. The Kier molecular flexibility index (Phi) is 4.25. The third kappa shape index (κ3) is 2.90. The third-order valence-corrected chi connectivity index (χ3v) is 4.43. The van der Waals surface area contributed by atoms with E-state index in [4.69, 9.17) is 22.3 Å². The zero-order valence-corrected chi connectivity index (χ0v) is 15.1. The minimum atomic E-state index is -0.331. The highest BCUT2D eigenvalue weighted by Gasteiger charge is 2.24. The molecule has 0 fully saturated rings. The number of benzene rings is 2. The van der Waals surface area contributed by atoms with E-state index in [9.17, 15) is 4.79 Å². The van der Waals surface area contributed by atoms with Gasteiger partial charge >= 0.3 is 0 Å². The average molecular weight is 378 g/mol. The van der Waals surface area contributed by atoms with Crippen LogP contribution in [0, 0.1) is 0 Å². The molecule has 0 unspecified atom stereocenters. The number of nitrogens with zero attached hydrogens (tertiary/aromatic N) is 3. The van der Waals surface area contributed by atoms with Gasteiger partial charge in [-0.05, 0) is 30.3 Å². The van der Waals surface area contributed by atoms with Crippen LogP contribution in [-0.4, -0.2) is 27.0 Å². The number of halogens is 1. The van der Waals surface area contributed by atoms with Crippen LogP contribution in [0.1, 0.15) is 10.4 Å². The highest BCUT2D eigenvalue weighted by molar-refractivity contribution is 6.30. The first kappa shape index (κ1) is 17.1. The second-order valence-corrected chi connectivity index (χ2v) is 6.40. The van der Waals surface area contributed by atoms with Crippen molar-refractivity contribution in [2.45, 2.75) is 0 Å². The van der Waals surface area contributed by atoms with Crippen molar-refractivity contribution < 1.29 is 4.79 Å². The van der Waals surface area contributed by atoms with E-state index in [1.54, 1.807) is 22.8 Å². The molecule has 134 valence electrons. The molecule has 2 heterocycles. The fourth-order valence-corrected chi connectivity index (χ4v) is 3.20. The maximum absolute atomic E-state index is 12.7. The molecule has 0 aliphatic heterocycles. The van der Waals surface area contributed by atoms with Gasteiger partial charge in [0, 0.05) is 11.6 Å². The van der Waals surface area contributed by atoms with Gasteiger partial charge in [0.15, 0.2) is 5.65 Å². The summed E-state index contributed by atoms with van der Waals surface area (Å²) in [7, 11) is 0. The number of para-hydroxylation sites is 2. The Morgan fingerprint density at radius 1 is 1.19 bits per heavy atom. The fourth-order valence-electron chi connectivity index (χ4n) is 3.02. The third-order valence-electron chi connectivity index (χ3n) is 4.20. The van der Waals surface area contributed by atoms with Gasteiger partial charge in [-0.1, -0.05) is 35.9 Å². The number of anilines is 1. The topological polar surface area (TPSA) is 85.8 Å². The summed E-state index contributed by atoms with van der Waals surface area (Å²) in [6.45, 7) is 3.94. The van der Waals surface area contributed by atoms with Crippen LogP contribution in [-0.2, 0) is 0 Å². The molecule has 27 heavy (non-hydrogen) atoms. The van der Waals surface area contributed by atoms with Crippen LogP contribution in [0.15, 0.2) is 61.2 Å². The molecule has 0 radical (unpaired) electrons. The molecule has 0 spiro atoms. The summed E-state index contributed by atoms with van der Waals surface area (Å²) in [5.74, 6) is -0.0769. The Hall–Kier alpha value is -3.38. The first-order valence-electron chi connectivity index (χ1n) is 8.32. The van der Waals surface area contributed by atoms with E-state index >= 15 is 0 Å². The van der Waals surface area contributed by atoms with E-state index in [1.165, 1.54) is 0 Å². The van der Waals surface area contributed by atoms with E-state index < -0.39 is 0 Å². The fraction of sp³-hybridized carbons (Fsp3) is 0.0500. The lowest BCUT2D eigenvalue weighted by Crippen LogP contribution is -2.24. The molecule has 3 N–H and O–H groups in total. The summed E-state index contributed by atoms with van der Waals surface area (Å²) >= 11 is 6.15. The van der Waals surface area contributed by atoms with Gasteiger partial charge in [-0.3, -0.25) is 9.36 Å². The van der Waals surface area contributed by atoms with Gasteiger partial charge in [0.1, 0.15) is 16.9 Å². The van der Waals surface area contributed by atoms with Crippen molar-refractivity contribution in [1.82, 2.24) is 19.9 Å². The number of aromatic nitrogens is 3. The molecule has 0 bridgehead atoms. The first-order chi connectivity index (χ1) is 13.1. The molecule has 0 aliphatic rings. The van der Waals surface area contributed by atoms with Gasteiger partial charge in [-0.25, -0.2) is 9.97 Å². The molecule has 2 aromatic heterocycles. The van der Waals surface area contributed by atoms with Gasteiger partial charge in [-0.15, -0.1) is 6.58 Å². The number of rotatable bonds is 4. The predicted molar refractivity (Wildman–Crippen MR) is 108 cm³/mol. The molecule has 4 aromatic rings. The van der Waals surface area contributed by atoms with Crippen LogP contribution in [0.3, 0.4) is 0 Å². The van der Waals surface area contributed by atoms with Crippen LogP contribution < -0.4 is 11.1 Å². The first-order valence-corrected chi connectivity index (χ1v) is 8.69. The van der Waals surface area contributed by atoms with E-state index in [-0.39, 0.29) is 17.3 Å². The maximum Gasteiger partial charge on any atom is 0.257 e. The highest BCUT2D eigenvalue weighted by Crippen LogP contribution is 2.31. The second kappa shape index (κ2) is 6.74. The number of nitrogens with one attached hydrogen (secondary N) is 1.